The Morgan fingerprint density at radius 3 is 2.34 bits per heavy atom. The van der Waals surface area contributed by atoms with Gasteiger partial charge in [-0.2, -0.15) is 0 Å². The Hall–Kier alpha value is -3.55. The molecule has 152 valence electrons. The lowest BCUT2D eigenvalue weighted by molar-refractivity contribution is -0.140. The van der Waals surface area contributed by atoms with Gasteiger partial charge in [0.05, 0.1) is 5.56 Å². The third kappa shape index (κ3) is 5.25. The van der Waals surface area contributed by atoms with Crippen molar-refractivity contribution in [3.05, 3.63) is 60.2 Å². The SMILES string of the molecule is C[C@H](OC(=O)c1cccc(NC(N)=O)c1)C(=O)N1CCN(c2ccccc2)CC1. The van der Waals surface area contributed by atoms with Crippen LogP contribution in [-0.2, 0) is 9.53 Å². The number of hydrogen-bond acceptors (Lipinski definition) is 5. The second-order valence-electron chi connectivity index (χ2n) is 6.77. The molecule has 1 aliphatic rings. The molecule has 1 fully saturated rings. The van der Waals surface area contributed by atoms with Crippen LogP contribution in [0, 0.1) is 0 Å². The highest BCUT2D eigenvalue weighted by atomic mass is 16.5. The molecule has 8 nitrogen and oxygen atoms in total. The lowest BCUT2D eigenvalue weighted by Gasteiger charge is -2.37. The number of benzene rings is 2. The molecule has 3 rings (SSSR count). The summed E-state index contributed by atoms with van der Waals surface area (Å²) >= 11 is 0. The predicted molar refractivity (Wildman–Crippen MR) is 110 cm³/mol. The van der Waals surface area contributed by atoms with E-state index in [2.05, 4.69) is 10.2 Å². The summed E-state index contributed by atoms with van der Waals surface area (Å²) in [6.45, 7) is 4.13. The zero-order valence-corrected chi connectivity index (χ0v) is 16.2. The van der Waals surface area contributed by atoms with Crippen LogP contribution >= 0.6 is 0 Å². The molecule has 0 bridgehead atoms. The number of rotatable bonds is 5. The number of carbonyl (C=O) groups excluding carboxylic acids is 3. The van der Waals surface area contributed by atoms with Gasteiger partial charge in [0, 0.05) is 37.6 Å². The van der Waals surface area contributed by atoms with Crippen molar-refractivity contribution in [1.82, 2.24) is 4.90 Å². The minimum atomic E-state index is -0.904. The number of nitrogens with two attached hydrogens (primary N) is 1. The van der Waals surface area contributed by atoms with E-state index >= 15 is 0 Å². The maximum atomic E-state index is 12.7. The molecular formula is C21H24N4O4. The molecule has 1 saturated heterocycles. The molecule has 3 N–H and O–H groups in total. The van der Waals surface area contributed by atoms with Gasteiger partial charge in [0.1, 0.15) is 0 Å². The summed E-state index contributed by atoms with van der Waals surface area (Å²) in [5, 5.41) is 2.40. The Balaban J connectivity index is 1.54. The van der Waals surface area contributed by atoms with Crippen LogP contribution in [-0.4, -0.2) is 55.1 Å². The third-order valence-electron chi connectivity index (χ3n) is 4.71. The molecule has 1 aliphatic heterocycles. The number of carbonyl (C=O) groups is 3. The van der Waals surface area contributed by atoms with Crippen LogP contribution in [0.25, 0.3) is 0 Å². The summed E-state index contributed by atoms with van der Waals surface area (Å²) in [7, 11) is 0. The highest BCUT2D eigenvalue weighted by Gasteiger charge is 2.27. The number of primary amides is 1. The lowest BCUT2D eigenvalue weighted by Crippen LogP contribution is -2.51. The molecule has 0 saturated carbocycles. The van der Waals surface area contributed by atoms with Crippen molar-refractivity contribution in [2.75, 3.05) is 36.4 Å². The first kappa shape index (κ1) is 20.2. The summed E-state index contributed by atoms with van der Waals surface area (Å²) in [5.74, 6) is -0.862. The van der Waals surface area contributed by atoms with Gasteiger partial charge in [-0.15, -0.1) is 0 Å². The molecule has 3 amide bonds. The van der Waals surface area contributed by atoms with Crippen molar-refractivity contribution in [3.8, 4) is 0 Å². The van der Waals surface area contributed by atoms with Crippen LogP contribution in [0.1, 0.15) is 17.3 Å². The maximum Gasteiger partial charge on any atom is 0.338 e. The van der Waals surface area contributed by atoms with Crippen molar-refractivity contribution in [2.45, 2.75) is 13.0 Å². The molecule has 0 spiro atoms. The van der Waals surface area contributed by atoms with Crippen LogP contribution in [0.15, 0.2) is 54.6 Å². The number of piperazine rings is 1. The van der Waals surface area contributed by atoms with Gasteiger partial charge in [-0.25, -0.2) is 9.59 Å². The Morgan fingerprint density at radius 1 is 1.00 bits per heavy atom. The van der Waals surface area contributed by atoms with Gasteiger partial charge >= 0.3 is 12.0 Å². The standard InChI is InChI=1S/C21H24N4O4/c1-15(29-20(27)16-6-5-7-17(14-16)23-21(22)28)19(26)25-12-10-24(11-13-25)18-8-3-2-4-9-18/h2-9,14-15H,10-13H2,1H3,(H3,22,23,28)/t15-/m0/s1. The average Bonchev–Trinajstić information content (AvgIpc) is 2.73. The Kier molecular flexibility index (Phi) is 6.33. The van der Waals surface area contributed by atoms with E-state index in [1.165, 1.54) is 6.07 Å². The summed E-state index contributed by atoms with van der Waals surface area (Å²) in [4.78, 5) is 39.9. The fourth-order valence-corrected chi connectivity index (χ4v) is 3.23. The molecule has 2 aromatic rings. The molecular weight excluding hydrogens is 372 g/mol. The average molecular weight is 396 g/mol. The van der Waals surface area contributed by atoms with Gasteiger partial charge in [-0.05, 0) is 37.3 Å². The molecule has 29 heavy (non-hydrogen) atoms. The van der Waals surface area contributed by atoms with Crippen LogP contribution in [0.4, 0.5) is 16.2 Å². The predicted octanol–water partition coefficient (Wildman–Crippen LogP) is 2.07. The van der Waals surface area contributed by atoms with Gasteiger partial charge in [0.2, 0.25) is 0 Å². The smallest absolute Gasteiger partial charge is 0.338 e. The van der Waals surface area contributed by atoms with Crippen molar-refractivity contribution in [3.63, 3.8) is 0 Å². The van der Waals surface area contributed by atoms with E-state index in [4.69, 9.17) is 10.5 Å². The molecule has 0 unspecified atom stereocenters. The highest BCUT2D eigenvalue weighted by molar-refractivity contribution is 5.95. The number of esters is 1. The van der Waals surface area contributed by atoms with Gasteiger partial charge in [-0.1, -0.05) is 24.3 Å². The first-order valence-corrected chi connectivity index (χ1v) is 9.40. The number of amides is 3. The van der Waals surface area contributed by atoms with E-state index in [-0.39, 0.29) is 11.5 Å². The topological polar surface area (TPSA) is 105 Å². The van der Waals surface area contributed by atoms with Crippen molar-refractivity contribution in [2.24, 2.45) is 5.73 Å². The molecule has 0 aliphatic carbocycles. The van der Waals surface area contributed by atoms with Gasteiger partial charge < -0.3 is 25.6 Å². The van der Waals surface area contributed by atoms with Gasteiger partial charge in [0.15, 0.2) is 6.10 Å². The molecule has 0 radical (unpaired) electrons. The molecule has 2 aromatic carbocycles. The first-order valence-electron chi connectivity index (χ1n) is 9.40. The Labute approximate surface area is 169 Å². The second kappa shape index (κ2) is 9.09. The van der Waals surface area contributed by atoms with Crippen molar-refractivity contribution >= 4 is 29.3 Å². The molecule has 1 heterocycles. The number of ether oxygens (including phenoxy) is 1. The summed E-state index contributed by atoms with van der Waals surface area (Å²) in [6.07, 6.45) is -0.904. The number of para-hydroxylation sites is 1. The number of anilines is 2. The summed E-state index contributed by atoms with van der Waals surface area (Å²) < 4.78 is 5.34. The van der Waals surface area contributed by atoms with E-state index < -0.39 is 18.1 Å². The quantitative estimate of drug-likeness (QED) is 0.753. The van der Waals surface area contributed by atoms with Gasteiger partial charge in [0.25, 0.3) is 5.91 Å². The largest absolute Gasteiger partial charge is 0.449 e. The van der Waals surface area contributed by atoms with Crippen LogP contribution in [0.5, 0.6) is 0 Å². The third-order valence-corrected chi connectivity index (χ3v) is 4.71. The monoisotopic (exact) mass is 396 g/mol. The number of nitrogens with one attached hydrogen (secondary N) is 1. The zero-order chi connectivity index (χ0) is 20.8. The number of hydrogen-bond donors (Lipinski definition) is 2. The number of nitrogens with zero attached hydrogens (tertiary/aromatic N) is 2. The Bertz CT molecular complexity index is 879. The van der Waals surface area contributed by atoms with Crippen LogP contribution in [0.3, 0.4) is 0 Å². The van der Waals surface area contributed by atoms with E-state index in [1.54, 1.807) is 30.0 Å². The van der Waals surface area contributed by atoms with Crippen LogP contribution in [0.2, 0.25) is 0 Å². The van der Waals surface area contributed by atoms with Crippen molar-refractivity contribution in [1.29, 1.82) is 0 Å². The van der Waals surface area contributed by atoms with E-state index in [0.717, 1.165) is 18.8 Å². The minimum absolute atomic E-state index is 0.225. The fourth-order valence-electron chi connectivity index (χ4n) is 3.23. The maximum absolute atomic E-state index is 12.7. The summed E-state index contributed by atoms with van der Waals surface area (Å²) in [6, 6.07) is 15.5. The Morgan fingerprint density at radius 2 is 1.69 bits per heavy atom. The molecule has 8 heteroatoms. The fraction of sp³-hybridized carbons (Fsp3) is 0.286. The molecule has 1 atom stereocenters. The second-order valence-corrected chi connectivity index (χ2v) is 6.77. The lowest BCUT2D eigenvalue weighted by atomic mass is 10.2. The highest BCUT2D eigenvalue weighted by Crippen LogP contribution is 2.17. The first-order chi connectivity index (χ1) is 13.9. The van der Waals surface area contributed by atoms with Gasteiger partial charge in [-0.3, -0.25) is 4.79 Å². The zero-order valence-electron chi connectivity index (χ0n) is 16.2. The van der Waals surface area contributed by atoms with Crippen molar-refractivity contribution < 1.29 is 19.1 Å². The van der Waals surface area contributed by atoms with E-state index in [1.807, 2.05) is 30.3 Å². The minimum Gasteiger partial charge on any atom is -0.449 e. The molecule has 0 aromatic heterocycles. The van der Waals surface area contributed by atoms with Crippen LogP contribution < -0.4 is 16.0 Å². The normalized spacial score (nSPS) is 14.8. The number of urea groups is 1. The van der Waals surface area contributed by atoms with E-state index in [9.17, 15) is 14.4 Å². The van der Waals surface area contributed by atoms with E-state index in [0.29, 0.717) is 18.8 Å². The summed E-state index contributed by atoms with van der Waals surface area (Å²) in [5.41, 5.74) is 6.81.